The first kappa shape index (κ1) is 20.9. The molecular weight excluding hydrogens is 386 g/mol. The number of fused-ring (bicyclic) bond motifs is 1. The van der Waals surface area contributed by atoms with Crippen LogP contribution in [0.4, 0.5) is 0 Å². The van der Waals surface area contributed by atoms with Crippen molar-refractivity contribution in [3.05, 3.63) is 88.6 Å². The Bertz CT molecular complexity index is 1330. The molecule has 0 unspecified atom stereocenters. The molecule has 0 aliphatic heterocycles. The molecule has 0 bridgehead atoms. The van der Waals surface area contributed by atoms with Crippen molar-refractivity contribution in [2.75, 3.05) is 0 Å². The van der Waals surface area contributed by atoms with Gasteiger partial charge in [0, 0.05) is 18.5 Å². The van der Waals surface area contributed by atoms with Crippen molar-refractivity contribution in [1.82, 2.24) is 0 Å². The number of hydrogen-bond acceptors (Lipinski definition) is 0. The molecule has 0 spiro atoms. The third-order valence-electron chi connectivity index (χ3n) is 7.16. The smallest absolute Gasteiger partial charge is 0.198 e. The summed E-state index contributed by atoms with van der Waals surface area (Å²) in [6.45, 7) is 13.2. The Labute approximate surface area is 195 Å². The molecule has 0 aliphatic carbocycles. The molecule has 1 nitrogen and oxygen atoms in total. The number of rotatable bonds is 5. The molecule has 0 saturated heterocycles. The van der Waals surface area contributed by atoms with Gasteiger partial charge in [-0.25, -0.2) is 0 Å². The maximum atomic E-state index is 8.87. The van der Waals surface area contributed by atoms with Gasteiger partial charge in [0.05, 0.1) is 6.76 Å². The average molecular weight is 424 g/mol. The molecule has 3 aromatic carbocycles. The van der Waals surface area contributed by atoms with Gasteiger partial charge in [-0.2, -0.15) is 4.57 Å². The van der Waals surface area contributed by atoms with E-state index in [0.29, 0.717) is 12.0 Å². The summed E-state index contributed by atoms with van der Waals surface area (Å²) in [5.74, 6) is 0.546. The molecule has 0 aliphatic rings. The van der Waals surface area contributed by atoms with Gasteiger partial charge in [-0.05, 0) is 90.4 Å². The summed E-state index contributed by atoms with van der Waals surface area (Å²) >= 11 is 0. The second-order valence-electron chi connectivity index (χ2n) is 9.23. The van der Waals surface area contributed by atoms with Crippen LogP contribution in [0.1, 0.15) is 61.9 Å². The Morgan fingerprint density at radius 1 is 0.844 bits per heavy atom. The van der Waals surface area contributed by atoms with Crippen LogP contribution < -0.4 is 4.57 Å². The second kappa shape index (κ2) is 8.90. The molecule has 0 N–H and O–H groups in total. The second-order valence-corrected chi connectivity index (χ2v) is 9.23. The number of aryl methyl sites for hydroxylation is 3. The molecule has 32 heavy (non-hydrogen) atoms. The zero-order valence-corrected chi connectivity index (χ0v) is 20.6. The minimum absolute atomic E-state index is 0.546. The van der Waals surface area contributed by atoms with Gasteiger partial charge in [0.1, 0.15) is 7.05 Å². The van der Waals surface area contributed by atoms with Crippen molar-refractivity contribution in [2.45, 2.75) is 60.3 Å². The molecule has 0 amide bonds. The van der Waals surface area contributed by atoms with Gasteiger partial charge >= 0.3 is 0 Å². The molecule has 0 saturated carbocycles. The van der Waals surface area contributed by atoms with E-state index in [9.17, 15) is 0 Å². The van der Waals surface area contributed by atoms with E-state index in [1.165, 1.54) is 44.6 Å². The first-order valence-corrected chi connectivity index (χ1v) is 11.9. The lowest BCUT2D eigenvalue weighted by Gasteiger charge is -2.16. The van der Waals surface area contributed by atoms with Crippen LogP contribution in [0.15, 0.2) is 60.6 Å². The zero-order valence-electron chi connectivity index (χ0n) is 21.6. The number of aromatic nitrogens is 1. The number of pyridine rings is 1. The van der Waals surface area contributed by atoms with Crippen LogP contribution in [0, 0.1) is 27.7 Å². The van der Waals surface area contributed by atoms with Crippen molar-refractivity contribution < 1.29 is 5.94 Å². The molecule has 0 fully saturated rings. The Hall–Kier alpha value is -2.93. The molecule has 0 atom stereocenters. The van der Waals surface area contributed by atoms with Gasteiger partial charge < -0.3 is 0 Å². The molecular formula is C31H36N+. The van der Waals surface area contributed by atoms with E-state index in [2.05, 4.69) is 108 Å². The molecule has 164 valence electrons. The average Bonchev–Trinajstić information content (AvgIpc) is 2.80. The standard InChI is InChI=1S/C31H36N/c1-8-24(9-2)25-13-16-29-27(19-25)18-23(6)32(7)31(29)28-15-14-26(17-22(28)5)30-20(3)11-10-12-21(30)4/h10-19,24H,8-9H2,1-7H3/q+1/i18D. The molecule has 4 rings (SSSR count). The maximum Gasteiger partial charge on any atom is 0.220 e. The third-order valence-corrected chi connectivity index (χ3v) is 7.16. The first-order valence-electron chi connectivity index (χ1n) is 12.4. The van der Waals surface area contributed by atoms with Crippen LogP contribution in [-0.2, 0) is 7.05 Å². The Morgan fingerprint density at radius 2 is 1.53 bits per heavy atom. The largest absolute Gasteiger partial charge is 0.220 e. The third kappa shape index (κ3) is 3.86. The Kier molecular flexibility index (Phi) is 5.83. The van der Waals surface area contributed by atoms with Gasteiger partial charge in [-0.1, -0.05) is 56.3 Å². The minimum Gasteiger partial charge on any atom is -0.198 e. The summed E-state index contributed by atoms with van der Waals surface area (Å²) in [5.41, 5.74) is 11.2. The zero-order chi connectivity index (χ0) is 23.9. The van der Waals surface area contributed by atoms with Gasteiger partial charge in [-0.3, -0.25) is 0 Å². The van der Waals surface area contributed by atoms with Crippen LogP contribution in [0.2, 0.25) is 0 Å². The highest BCUT2D eigenvalue weighted by Gasteiger charge is 2.21. The lowest BCUT2D eigenvalue weighted by atomic mass is 9.89. The number of nitrogens with zero attached hydrogens (tertiary/aromatic N) is 1. The van der Waals surface area contributed by atoms with E-state index >= 15 is 0 Å². The van der Waals surface area contributed by atoms with E-state index in [4.69, 9.17) is 1.37 Å². The predicted octanol–water partition coefficient (Wildman–Crippen LogP) is 8.14. The topological polar surface area (TPSA) is 3.88 Å². The normalized spacial score (nSPS) is 11.9. The number of benzene rings is 3. The molecule has 1 aromatic heterocycles. The van der Waals surface area contributed by atoms with Crippen molar-refractivity contribution in [1.29, 1.82) is 0 Å². The molecule has 4 aromatic rings. The molecule has 1 heteroatoms. The highest BCUT2D eigenvalue weighted by atomic mass is 14.9. The van der Waals surface area contributed by atoms with Crippen molar-refractivity contribution >= 4 is 10.8 Å². The lowest BCUT2D eigenvalue weighted by Crippen LogP contribution is -2.35. The van der Waals surface area contributed by atoms with E-state index < -0.39 is 0 Å². The Morgan fingerprint density at radius 3 is 2.16 bits per heavy atom. The van der Waals surface area contributed by atoms with Gasteiger partial charge in [0.15, 0.2) is 5.69 Å². The van der Waals surface area contributed by atoms with Crippen molar-refractivity contribution in [2.24, 2.45) is 7.05 Å². The summed E-state index contributed by atoms with van der Waals surface area (Å²) in [6.07, 6.45) is 2.25. The predicted molar refractivity (Wildman–Crippen MR) is 138 cm³/mol. The van der Waals surface area contributed by atoms with E-state index in [1.807, 2.05) is 0 Å². The highest BCUT2D eigenvalue weighted by molar-refractivity contribution is 5.94. The van der Waals surface area contributed by atoms with Gasteiger partial charge in [-0.15, -0.1) is 0 Å². The van der Waals surface area contributed by atoms with Crippen LogP contribution in [-0.4, -0.2) is 0 Å². The Balaban J connectivity index is 1.94. The van der Waals surface area contributed by atoms with E-state index in [-0.39, 0.29) is 0 Å². The molecule has 1 heterocycles. The monoisotopic (exact) mass is 423 g/mol. The van der Waals surface area contributed by atoms with Gasteiger partial charge in [0.2, 0.25) is 5.69 Å². The fraction of sp³-hybridized carbons (Fsp3) is 0.323. The lowest BCUT2D eigenvalue weighted by molar-refractivity contribution is -0.665. The fourth-order valence-electron chi connectivity index (χ4n) is 5.19. The SMILES string of the molecule is [2H]c1c(C)[n+](C)c(-c2ccc(-c3c(C)cccc3C)cc2C)c2ccc(C(CC)CC)cc12. The number of hydrogen-bond donors (Lipinski definition) is 0. The maximum absolute atomic E-state index is 8.87. The summed E-state index contributed by atoms with van der Waals surface area (Å²) in [7, 11) is 2.09. The summed E-state index contributed by atoms with van der Waals surface area (Å²) in [5, 5.41) is 2.22. The van der Waals surface area contributed by atoms with Crippen LogP contribution >= 0.6 is 0 Å². The molecule has 0 radical (unpaired) electrons. The highest BCUT2D eigenvalue weighted by Crippen LogP contribution is 2.35. The summed E-state index contributed by atoms with van der Waals surface area (Å²) in [4.78, 5) is 0. The van der Waals surface area contributed by atoms with Crippen molar-refractivity contribution in [3.63, 3.8) is 0 Å². The summed E-state index contributed by atoms with van der Waals surface area (Å²) < 4.78 is 11.1. The first-order chi connectivity index (χ1) is 15.8. The quantitative estimate of drug-likeness (QED) is 0.285. The van der Waals surface area contributed by atoms with Crippen LogP contribution in [0.3, 0.4) is 0 Å². The fourth-order valence-corrected chi connectivity index (χ4v) is 5.19. The minimum atomic E-state index is 0.546. The van der Waals surface area contributed by atoms with Crippen LogP contribution in [0.5, 0.6) is 0 Å². The van der Waals surface area contributed by atoms with E-state index in [1.54, 1.807) is 0 Å². The van der Waals surface area contributed by atoms with Gasteiger partial charge in [0.25, 0.3) is 0 Å². The van der Waals surface area contributed by atoms with Crippen molar-refractivity contribution in [3.8, 4) is 22.4 Å². The van der Waals surface area contributed by atoms with Crippen LogP contribution in [0.25, 0.3) is 33.2 Å². The van der Waals surface area contributed by atoms with E-state index in [0.717, 1.165) is 29.3 Å². The summed E-state index contributed by atoms with van der Waals surface area (Å²) in [6, 6.07) is 20.8.